The molecule has 0 heterocycles. The average molecular weight is 368 g/mol. The van der Waals surface area contributed by atoms with Crippen LogP contribution in [-0.4, -0.2) is 50.1 Å². The molecular formula is C17H21FN2O6. The van der Waals surface area contributed by atoms with E-state index in [0.29, 0.717) is 5.56 Å². The number of esters is 2. The third kappa shape index (κ3) is 6.88. The molecule has 0 spiro atoms. The first-order valence-corrected chi connectivity index (χ1v) is 7.73. The fourth-order valence-corrected chi connectivity index (χ4v) is 2.21. The summed E-state index contributed by atoms with van der Waals surface area (Å²) in [5, 5.41) is 4.79. The van der Waals surface area contributed by atoms with E-state index in [1.807, 2.05) is 0 Å². The van der Waals surface area contributed by atoms with Gasteiger partial charge in [0.2, 0.25) is 11.8 Å². The molecule has 0 unspecified atom stereocenters. The van der Waals surface area contributed by atoms with Gasteiger partial charge in [0.1, 0.15) is 17.9 Å². The topological polar surface area (TPSA) is 111 Å². The Morgan fingerprint density at radius 3 is 2.31 bits per heavy atom. The number of carbonyl (C=O) groups is 4. The highest BCUT2D eigenvalue weighted by Crippen LogP contribution is 2.08. The van der Waals surface area contributed by atoms with E-state index in [0.717, 1.165) is 14.2 Å². The largest absolute Gasteiger partial charge is 0.469 e. The van der Waals surface area contributed by atoms with E-state index in [1.54, 1.807) is 6.07 Å². The highest BCUT2D eigenvalue weighted by atomic mass is 19.1. The number of rotatable bonds is 8. The van der Waals surface area contributed by atoms with E-state index in [1.165, 1.54) is 25.1 Å². The van der Waals surface area contributed by atoms with Gasteiger partial charge in [0, 0.05) is 13.3 Å². The summed E-state index contributed by atoms with van der Waals surface area (Å²) in [5.41, 5.74) is 0.474. The van der Waals surface area contributed by atoms with Gasteiger partial charge in [0.25, 0.3) is 0 Å². The summed E-state index contributed by atoms with van der Waals surface area (Å²) in [7, 11) is 2.25. The molecule has 2 amide bonds. The van der Waals surface area contributed by atoms with Gasteiger partial charge in [-0.1, -0.05) is 12.1 Å². The molecule has 9 heteroatoms. The molecule has 1 aromatic carbocycles. The summed E-state index contributed by atoms with van der Waals surface area (Å²) in [5.74, 6) is -3.24. The third-order valence-corrected chi connectivity index (χ3v) is 3.42. The van der Waals surface area contributed by atoms with E-state index >= 15 is 0 Å². The van der Waals surface area contributed by atoms with Gasteiger partial charge in [-0.05, 0) is 17.7 Å². The number of amides is 2. The van der Waals surface area contributed by atoms with E-state index in [9.17, 15) is 23.6 Å². The molecule has 0 fully saturated rings. The summed E-state index contributed by atoms with van der Waals surface area (Å²) in [6, 6.07) is 3.21. The molecule has 0 aromatic heterocycles. The minimum atomic E-state index is -1.27. The Morgan fingerprint density at radius 2 is 1.77 bits per heavy atom. The van der Waals surface area contributed by atoms with Crippen LogP contribution in [0.3, 0.4) is 0 Å². The fourth-order valence-electron chi connectivity index (χ4n) is 2.21. The Morgan fingerprint density at radius 1 is 1.08 bits per heavy atom. The fraction of sp³-hybridized carbons (Fsp3) is 0.412. The van der Waals surface area contributed by atoms with Crippen LogP contribution >= 0.6 is 0 Å². The molecule has 0 aliphatic heterocycles. The number of hydrogen-bond donors (Lipinski definition) is 2. The van der Waals surface area contributed by atoms with Gasteiger partial charge in [-0.2, -0.15) is 0 Å². The van der Waals surface area contributed by atoms with Crippen molar-refractivity contribution >= 4 is 23.8 Å². The first-order valence-electron chi connectivity index (χ1n) is 7.73. The quantitative estimate of drug-likeness (QED) is 0.630. The van der Waals surface area contributed by atoms with Crippen molar-refractivity contribution in [1.29, 1.82) is 0 Å². The van der Waals surface area contributed by atoms with Crippen LogP contribution in [0.2, 0.25) is 0 Å². The van der Waals surface area contributed by atoms with Crippen molar-refractivity contribution in [2.45, 2.75) is 31.8 Å². The number of hydrogen-bond acceptors (Lipinski definition) is 6. The summed E-state index contributed by atoms with van der Waals surface area (Å²) in [4.78, 5) is 47.0. The van der Waals surface area contributed by atoms with Gasteiger partial charge in [-0.25, -0.2) is 9.18 Å². The van der Waals surface area contributed by atoms with Crippen molar-refractivity contribution in [3.8, 4) is 0 Å². The number of ether oxygens (including phenoxy) is 2. The number of halogens is 1. The third-order valence-electron chi connectivity index (χ3n) is 3.42. The monoisotopic (exact) mass is 368 g/mol. The Labute approximate surface area is 150 Å². The average Bonchev–Trinajstić information content (AvgIpc) is 2.59. The first-order chi connectivity index (χ1) is 12.3. The summed E-state index contributed by atoms with van der Waals surface area (Å²) >= 11 is 0. The van der Waals surface area contributed by atoms with Crippen molar-refractivity contribution in [3.05, 3.63) is 35.6 Å². The minimum absolute atomic E-state index is 0.00467. The van der Waals surface area contributed by atoms with Crippen molar-refractivity contribution in [2.75, 3.05) is 14.2 Å². The zero-order valence-corrected chi connectivity index (χ0v) is 14.7. The molecule has 1 aromatic rings. The smallest absolute Gasteiger partial charge is 0.328 e. The lowest BCUT2D eigenvalue weighted by molar-refractivity contribution is -0.151. The number of benzene rings is 1. The lowest BCUT2D eigenvalue weighted by Gasteiger charge is -2.21. The van der Waals surface area contributed by atoms with Gasteiger partial charge < -0.3 is 20.1 Å². The maximum Gasteiger partial charge on any atom is 0.328 e. The van der Waals surface area contributed by atoms with Crippen LogP contribution < -0.4 is 10.6 Å². The molecule has 0 saturated carbocycles. The van der Waals surface area contributed by atoms with E-state index in [4.69, 9.17) is 0 Å². The second kappa shape index (κ2) is 10.1. The molecule has 0 aliphatic carbocycles. The molecule has 142 valence electrons. The van der Waals surface area contributed by atoms with Gasteiger partial charge >= 0.3 is 11.9 Å². The van der Waals surface area contributed by atoms with Crippen molar-refractivity contribution in [1.82, 2.24) is 10.6 Å². The van der Waals surface area contributed by atoms with Gasteiger partial charge in [0.15, 0.2) is 0 Å². The Kier molecular flexibility index (Phi) is 8.20. The second-order valence-electron chi connectivity index (χ2n) is 5.45. The summed E-state index contributed by atoms with van der Waals surface area (Å²) in [6.45, 7) is 1.22. The molecule has 0 aliphatic rings. The Hall–Kier alpha value is -2.97. The van der Waals surface area contributed by atoms with Crippen LogP contribution in [0, 0.1) is 5.82 Å². The van der Waals surface area contributed by atoms with E-state index in [-0.39, 0.29) is 6.42 Å². The van der Waals surface area contributed by atoms with Crippen molar-refractivity contribution in [3.63, 3.8) is 0 Å². The Balaban J connectivity index is 2.93. The first kappa shape index (κ1) is 21.1. The maximum atomic E-state index is 13.3. The predicted octanol–water partition coefficient (Wildman–Crippen LogP) is 0.0938. The standard InChI is InChI=1S/C17H21FN2O6/c1-10(21)19-13(8-11-5-4-6-12(18)7-11)16(23)20-14(17(24)26-3)9-15(22)25-2/h4-7,13-14H,8-9H2,1-3H3,(H,19,21)(H,20,23)/t13-,14-/m0/s1. The normalized spacial score (nSPS) is 12.5. The molecular weight excluding hydrogens is 347 g/mol. The van der Waals surface area contributed by atoms with Gasteiger partial charge in [-0.3, -0.25) is 14.4 Å². The minimum Gasteiger partial charge on any atom is -0.469 e. The lowest BCUT2D eigenvalue weighted by Crippen LogP contribution is -2.52. The van der Waals surface area contributed by atoms with Gasteiger partial charge in [0.05, 0.1) is 20.6 Å². The zero-order valence-electron chi connectivity index (χ0n) is 14.7. The van der Waals surface area contributed by atoms with Crippen LogP contribution in [0.25, 0.3) is 0 Å². The Bertz CT molecular complexity index is 679. The number of nitrogens with one attached hydrogen (secondary N) is 2. The van der Waals surface area contributed by atoms with Crippen LogP contribution in [0.15, 0.2) is 24.3 Å². The van der Waals surface area contributed by atoms with Crippen molar-refractivity contribution < 1.29 is 33.0 Å². The molecule has 2 atom stereocenters. The lowest BCUT2D eigenvalue weighted by atomic mass is 10.0. The SMILES string of the molecule is COC(=O)C[C@H](NC(=O)[C@H](Cc1cccc(F)c1)NC(C)=O)C(=O)OC. The van der Waals surface area contributed by atoms with Crippen LogP contribution in [0.5, 0.6) is 0 Å². The van der Waals surface area contributed by atoms with Crippen molar-refractivity contribution in [2.24, 2.45) is 0 Å². The molecule has 0 bridgehead atoms. The molecule has 2 N–H and O–H groups in total. The number of carbonyl (C=O) groups excluding carboxylic acids is 4. The van der Waals surface area contributed by atoms with Crippen LogP contribution in [0.4, 0.5) is 4.39 Å². The number of methoxy groups -OCH3 is 2. The van der Waals surface area contributed by atoms with E-state index < -0.39 is 48.1 Å². The van der Waals surface area contributed by atoms with Crippen LogP contribution in [0.1, 0.15) is 18.9 Å². The molecule has 0 saturated heterocycles. The van der Waals surface area contributed by atoms with Gasteiger partial charge in [-0.15, -0.1) is 0 Å². The summed E-state index contributed by atoms with van der Waals surface area (Å²) < 4.78 is 22.4. The molecule has 1 rings (SSSR count). The summed E-state index contributed by atoms with van der Waals surface area (Å²) in [6.07, 6.45) is -0.434. The molecule has 26 heavy (non-hydrogen) atoms. The second-order valence-corrected chi connectivity index (χ2v) is 5.45. The molecule has 0 radical (unpaired) electrons. The highest BCUT2D eigenvalue weighted by Gasteiger charge is 2.29. The highest BCUT2D eigenvalue weighted by molar-refractivity contribution is 5.92. The van der Waals surface area contributed by atoms with E-state index in [2.05, 4.69) is 20.1 Å². The maximum absolute atomic E-state index is 13.3. The zero-order chi connectivity index (χ0) is 19.7. The molecule has 8 nitrogen and oxygen atoms in total. The predicted molar refractivity (Wildman–Crippen MR) is 88.3 cm³/mol. The van der Waals surface area contributed by atoms with Crippen LogP contribution in [-0.2, 0) is 35.1 Å².